The van der Waals surface area contributed by atoms with Crippen molar-refractivity contribution in [2.24, 2.45) is 11.8 Å². The van der Waals surface area contributed by atoms with Crippen LogP contribution in [-0.4, -0.2) is 30.1 Å². The lowest BCUT2D eigenvalue weighted by Gasteiger charge is -2.37. The SMILES string of the molecule is CO[Si](OC)(OC)C1CCCC(C2CC2)C1. The molecule has 0 aromatic rings. The van der Waals surface area contributed by atoms with Gasteiger partial charge in [0.15, 0.2) is 0 Å². The Morgan fingerprint density at radius 2 is 1.44 bits per heavy atom. The van der Waals surface area contributed by atoms with Crippen molar-refractivity contribution < 1.29 is 13.3 Å². The highest BCUT2D eigenvalue weighted by molar-refractivity contribution is 6.62. The van der Waals surface area contributed by atoms with E-state index in [1.165, 1.54) is 38.5 Å². The molecule has 0 aromatic heterocycles. The normalized spacial score (nSPS) is 31.7. The molecule has 2 aliphatic rings. The van der Waals surface area contributed by atoms with E-state index in [1.54, 1.807) is 21.3 Å². The molecule has 0 bridgehead atoms. The predicted octanol–water partition coefficient (Wildman–Crippen LogP) is 2.83. The molecule has 0 heterocycles. The molecule has 0 amide bonds. The van der Waals surface area contributed by atoms with Crippen LogP contribution in [0.3, 0.4) is 0 Å². The first-order valence-corrected chi connectivity index (χ1v) is 8.21. The monoisotopic (exact) mass is 244 g/mol. The van der Waals surface area contributed by atoms with Gasteiger partial charge in [0.05, 0.1) is 0 Å². The Balaban J connectivity index is 2.00. The van der Waals surface area contributed by atoms with Crippen LogP contribution in [-0.2, 0) is 13.3 Å². The molecular weight excluding hydrogens is 220 g/mol. The van der Waals surface area contributed by atoms with E-state index in [4.69, 9.17) is 13.3 Å². The quantitative estimate of drug-likeness (QED) is 0.696. The molecule has 2 atom stereocenters. The van der Waals surface area contributed by atoms with E-state index < -0.39 is 8.80 Å². The summed E-state index contributed by atoms with van der Waals surface area (Å²) < 4.78 is 16.9. The first-order valence-electron chi connectivity index (χ1n) is 6.41. The Morgan fingerprint density at radius 3 is 1.94 bits per heavy atom. The maximum absolute atomic E-state index is 5.62. The molecule has 0 aromatic carbocycles. The lowest BCUT2D eigenvalue weighted by molar-refractivity contribution is 0.0976. The van der Waals surface area contributed by atoms with Gasteiger partial charge in [-0.15, -0.1) is 0 Å². The van der Waals surface area contributed by atoms with Gasteiger partial charge in [-0.1, -0.05) is 12.8 Å². The molecule has 0 N–H and O–H groups in total. The van der Waals surface area contributed by atoms with Crippen LogP contribution in [0.15, 0.2) is 0 Å². The lowest BCUT2D eigenvalue weighted by atomic mass is 9.85. The molecule has 2 aliphatic carbocycles. The first kappa shape index (κ1) is 12.6. The van der Waals surface area contributed by atoms with Crippen molar-refractivity contribution in [1.82, 2.24) is 0 Å². The summed E-state index contributed by atoms with van der Waals surface area (Å²) >= 11 is 0. The minimum absolute atomic E-state index is 0.520. The summed E-state index contributed by atoms with van der Waals surface area (Å²) in [4.78, 5) is 0. The van der Waals surface area contributed by atoms with Crippen LogP contribution < -0.4 is 0 Å². The van der Waals surface area contributed by atoms with Crippen molar-refractivity contribution >= 4 is 8.80 Å². The molecule has 0 aliphatic heterocycles. The zero-order valence-corrected chi connectivity index (χ0v) is 11.7. The van der Waals surface area contributed by atoms with Gasteiger partial charge in [0.25, 0.3) is 0 Å². The van der Waals surface area contributed by atoms with Gasteiger partial charge in [-0.2, -0.15) is 0 Å². The van der Waals surface area contributed by atoms with E-state index in [2.05, 4.69) is 0 Å². The van der Waals surface area contributed by atoms with E-state index in [-0.39, 0.29) is 0 Å². The van der Waals surface area contributed by atoms with Gasteiger partial charge in [-0.05, 0) is 37.5 Å². The molecule has 2 saturated carbocycles. The van der Waals surface area contributed by atoms with Gasteiger partial charge in [0.2, 0.25) is 0 Å². The zero-order chi connectivity index (χ0) is 11.6. The van der Waals surface area contributed by atoms with Gasteiger partial charge in [0.1, 0.15) is 0 Å². The molecule has 2 rings (SSSR count). The molecule has 0 spiro atoms. The van der Waals surface area contributed by atoms with Crippen molar-refractivity contribution in [3.8, 4) is 0 Å². The number of hydrogen-bond acceptors (Lipinski definition) is 3. The van der Waals surface area contributed by atoms with Crippen LogP contribution in [0, 0.1) is 11.8 Å². The minimum Gasteiger partial charge on any atom is -0.377 e. The van der Waals surface area contributed by atoms with Crippen molar-refractivity contribution in [1.29, 1.82) is 0 Å². The maximum Gasteiger partial charge on any atom is 0.503 e. The molecule has 94 valence electrons. The molecular formula is C12H24O3Si. The molecule has 2 unspecified atom stereocenters. The second-order valence-electron chi connectivity index (χ2n) is 5.18. The highest BCUT2D eigenvalue weighted by Crippen LogP contribution is 2.49. The standard InChI is InChI=1S/C12H24O3Si/c1-13-16(14-2,15-3)12-6-4-5-11(9-12)10-7-8-10/h10-12H,4-9H2,1-3H3. The van der Waals surface area contributed by atoms with E-state index in [0.29, 0.717) is 5.54 Å². The lowest BCUT2D eigenvalue weighted by Crippen LogP contribution is -2.49. The molecule has 4 heteroatoms. The Hall–Kier alpha value is 0.0969. The third kappa shape index (κ3) is 2.35. The average Bonchev–Trinajstić information content (AvgIpc) is 3.17. The third-order valence-electron chi connectivity index (χ3n) is 4.36. The Labute approximate surface area is 99.8 Å². The molecule has 0 saturated heterocycles. The van der Waals surface area contributed by atoms with Crippen molar-refractivity contribution in [3.63, 3.8) is 0 Å². The third-order valence-corrected chi connectivity index (χ3v) is 7.59. The average molecular weight is 244 g/mol. The van der Waals surface area contributed by atoms with E-state index >= 15 is 0 Å². The first-order chi connectivity index (χ1) is 7.75. The number of hydrogen-bond donors (Lipinski definition) is 0. The van der Waals surface area contributed by atoms with E-state index in [0.717, 1.165) is 11.8 Å². The molecule has 0 radical (unpaired) electrons. The fourth-order valence-electron chi connectivity index (χ4n) is 3.29. The van der Waals surface area contributed by atoms with Gasteiger partial charge in [-0.3, -0.25) is 0 Å². The Kier molecular flexibility index (Phi) is 4.05. The van der Waals surface area contributed by atoms with Crippen LogP contribution in [0.2, 0.25) is 5.54 Å². The summed E-state index contributed by atoms with van der Waals surface area (Å²) in [5.74, 6) is 1.91. The highest BCUT2D eigenvalue weighted by atomic mass is 28.4. The zero-order valence-electron chi connectivity index (χ0n) is 10.7. The van der Waals surface area contributed by atoms with Crippen molar-refractivity contribution in [2.75, 3.05) is 21.3 Å². The Bertz CT molecular complexity index is 218. The van der Waals surface area contributed by atoms with Crippen molar-refractivity contribution in [2.45, 2.75) is 44.1 Å². The van der Waals surface area contributed by atoms with E-state index in [1.807, 2.05) is 0 Å². The molecule has 3 nitrogen and oxygen atoms in total. The highest BCUT2D eigenvalue weighted by Gasteiger charge is 2.50. The smallest absolute Gasteiger partial charge is 0.377 e. The van der Waals surface area contributed by atoms with Crippen LogP contribution in [0.1, 0.15) is 38.5 Å². The van der Waals surface area contributed by atoms with Gasteiger partial charge in [-0.25, -0.2) is 0 Å². The van der Waals surface area contributed by atoms with Crippen LogP contribution in [0.5, 0.6) is 0 Å². The summed E-state index contributed by atoms with van der Waals surface area (Å²) in [6, 6.07) is 0. The second kappa shape index (κ2) is 5.17. The Morgan fingerprint density at radius 1 is 0.812 bits per heavy atom. The van der Waals surface area contributed by atoms with Crippen LogP contribution in [0.4, 0.5) is 0 Å². The minimum atomic E-state index is -2.38. The molecule has 2 fully saturated rings. The predicted molar refractivity (Wildman–Crippen MR) is 65.2 cm³/mol. The van der Waals surface area contributed by atoms with Gasteiger partial charge < -0.3 is 13.3 Å². The second-order valence-corrected chi connectivity index (χ2v) is 8.43. The summed E-state index contributed by atoms with van der Waals surface area (Å²) in [6.45, 7) is 0. The molecule has 16 heavy (non-hydrogen) atoms. The largest absolute Gasteiger partial charge is 0.503 e. The fourth-order valence-corrected chi connectivity index (χ4v) is 5.94. The summed E-state index contributed by atoms with van der Waals surface area (Å²) in [5, 5.41) is 0. The van der Waals surface area contributed by atoms with E-state index in [9.17, 15) is 0 Å². The van der Waals surface area contributed by atoms with Gasteiger partial charge >= 0.3 is 8.80 Å². The fraction of sp³-hybridized carbons (Fsp3) is 1.00. The summed E-state index contributed by atoms with van der Waals surface area (Å²) in [6.07, 6.45) is 8.08. The van der Waals surface area contributed by atoms with Crippen LogP contribution in [0.25, 0.3) is 0 Å². The maximum atomic E-state index is 5.62. The topological polar surface area (TPSA) is 27.7 Å². The number of rotatable bonds is 5. The summed E-state index contributed by atoms with van der Waals surface area (Å²) in [5.41, 5.74) is 0.520. The van der Waals surface area contributed by atoms with Crippen molar-refractivity contribution in [3.05, 3.63) is 0 Å². The van der Waals surface area contributed by atoms with Gasteiger partial charge in [0, 0.05) is 26.9 Å². The summed E-state index contributed by atoms with van der Waals surface area (Å²) in [7, 11) is 2.83. The van der Waals surface area contributed by atoms with Crippen LogP contribution >= 0.6 is 0 Å².